The van der Waals surface area contributed by atoms with Crippen molar-refractivity contribution in [3.8, 4) is 5.69 Å². The van der Waals surface area contributed by atoms with Crippen molar-refractivity contribution in [1.82, 2.24) is 25.1 Å². The molecule has 4 rings (SSSR count). The molecule has 0 spiro atoms. The molecular formula is C21H29N5OS. The molecule has 150 valence electrons. The second-order valence-corrected chi connectivity index (χ2v) is 9.28. The number of fused-ring (bicyclic) bond motifs is 1. The molecule has 1 aliphatic heterocycles. The smallest absolute Gasteiger partial charge is 0.233 e. The highest BCUT2D eigenvalue weighted by Gasteiger charge is 2.32. The van der Waals surface area contributed by atoms with Gasteiger partial charge >= 0.3 is 0 Å². The number of thioether (sulfide) groups is 1. The highest BCUT2D eigenvalue weighted by Crippen LogP contribution is 2.36. The lowest BCUT2D eigenvalue weighted by Gasteiger charge is -2.41. The number of hydrogen-bond acceptors (Lipinski definition) is 5. The maximum Gasteiger partial charge on any atom is 0.233 e. The molecule has 1 amide bonds. The van der Waals surface area contributed by atoms with Gasteiger partial charge in [-0.3, -0.25) is 4.79 Å². The summed E-state index contributed by atoms with van der Waals surface area (Å²) in [7, 11) is 0. The Kier molecular flexibility index (Phi) is 5.99. The van der Waals surface area contributed by atoms with E-state index in [2.05, 4.69) is 46.4 Å². The van der Waals surface area contributed by atoms with Crippen LogP contribution in [0.15, 0.2) is 29.4 Å². The van der Waals surface area contributed by atoms with Crippen LogP contribution < -0.4 is 0 Å². The van der Waals surface area contributed by atoms with Gasteiger partial charge in [-0.1, -0.05) is 57.0 Å². The molecule has 1 aromatic carbocycles. The van der Waals surface area contributed by atoms with Crippen molar-refractivity contribution in [1.29, 1.82) is 0 Å². The minimum atomic E-state index is 0.207. The van der Waals surface area contributed by atoms with E-state index in [0.717, 1.165) is 24.7 Å². The Morgan fingerprint density at radius 3 is 2.64 bits per heavy atom. The predicted molar refractivity (Wildman–Crippen MR) is 111 cm³/mol. The summed E-state index contributed by atoms with van der Waals surface area (Å²) in [5, 5.41) is 12.7. The van der Waals surface area contributed by atoms with Gasteiger partial charge < -0.3 is 4.90 Å². The summed E-state index contributed by atoms with van der Waals surface area (Å²) in [5.41, 5.74) is 2.21. The molecule has 2 fully saturated rings. The number of likely N-dealkylation sites (tertiary alicyclic amines) is 1. The van der Waals surface area contributed by atoms with Crippen LogP contribution >= 0.6 is 11.8 Å². The first-order chi connectivity index (χ1) is 13.6. The van der Waals surface area contributed by atoms with Gasteiger partial charge in [0.25, 0.3) is 0 Å². The van der Waals surface area contributed by atoms with E-state index in [9.17, 15) is 4.79 Å². The SMILES string of the molecule is CC(C)c1ccc(-n2nnnc2SCC(=O)N2CC[C@H]3CCCC[C@H]3C2)cc1. The average molecular weight is 400 g/mol. The van der Waals surface area contributed by atoms with E-state index in [0.29, 0.717) is 22.7 Å². The Hall–Kier alpha value is -1.89. The average Bonchev–Trinajstić information content (AvgIpc) is 3.20. The molecule has 1 saturated carbocycles. The van der Waals surface area contributed by atoms with Crippen molar-refractivity contribution in [2.45, 2.75) is 57.0 Å². The molecule has 0 unspecified atom stereocenters. The number of aromatic nitrogens is 4. The molecule has 2 aromatic rings. The first kappa shape index (κ1) is 19.4. The van der Waals surface area contributed by atoms with Gasteiger partial charge in [0.2, 0.25) is 11.1 Å². The number of rotatable bonds is 5. The Bertz CT molecular complexity index is 803. The van der Waals surface area contributed by atoms with Gasteiger partial charge in [-0.2, -0.15) is 4.68 Å². The topological polar surface area (TPSA) is 63.9 Å². The van der Waals surface area contributed by atoms with Crippen molar-refractivity contribution >= 4 is 17.7 Å². The van der Waals surface area contributed by atoms with Gasteiger partial charge in [0.05, 0.1) is 11.4 Å². The Morgan fingerprint density at radius 2 is 1.89 bits per heavy atom. The molecule has 2 atom stereocenters. The van der Waals surface area contributed by atoms with Gasteiger partial charge in [-0.15, -0.1) is 5.10 Å². The summed E-state index contributed by atoms with van der Waals surface area (Å²) >= 11 is 1.43. The number of carbonyl (C=O) groups excluding carboxylic acids is 1. The van der Waals surface area contributed by atoms with Crippen LogP contribution in [0, 0.1) is 11.8 Å². The number of carbonyl (C=O) groups is 1. The van der Waals surface area contributed by atoms with E-state index in [1.165, 1.54) is 49.4 Å². The Morgan fingerprint density at radius 1 is 1.14 bits per heavy atom. The fraction of sp³-hybridized carbons (Fsp3) is 0.619. The number of hydrogen-bond donors (Lipinski definition) is 0. The maximum atomic E-state index is 12.8. The third-order valence-electron chi connectivity index (χ3n) is 6.21. The van der Waals surface area contributed by atoms with Crippen LogP contribution in [-0.4, -0.2) is 49.9 Å². The minimum Gasteiger partial charge on any atom is -0.342 e. The number of piperidine rings is 1. The fourth-order valence-corrected chi connectivity index (χ4v) is 5.27. The quantitative estimate of drug-likeness (QED) is 0.713. The predicted octanol–water partition coefficient (Wildman–Crippen LogP) is 3.92. The van der Waals surface area contributed by atoms with Crippen LogP contribution in [0.5, 0.6) is 0 Å². The summed E-state index contributed by atoms with van der Waals surface area (Å²) in [4.78, 5) is 14.8. The van der Waals surface area contributed by atoms with Crippen LogP contribution in [-0.2, 0) is 4.79 Å². The summed E-state index contributed by atoms with van der Waals surface area (Å²) in [5.74, 6) is 2.64. The second-order valence-electron chi connectivity index (χ2n) is 8.34. The summed E-state index contributed by atoms with van der Waals surface area (Å²) in [6.07, 6.45) is 6.49. The highest BCUT2D eigenvalue weighted by molar-refractivity contribution is 7.99. The molecule has 1 saturated heterocycles. The first-order valence-electron chi connectivity index (χ1n) is 10.4. The summed E-state index contributed by atoms with van der Waals surface area (Å²) in [6.45, 7) is 6.19. The molecule has 2 heterocycles. The van der Waals surface area contributed by atoms with E-state index in [4.69, 9.17) is 0 Å². The lowest BCUT2D eigenvalue weighted by atomic mass is 9.75. The van der Waals surface area contributed by atoms with E-state index < -0.39 is 0 Å². The van der Waals surface area contributed by atoms with Crippen molar-refractivity contribution in [3.05, 3.63) is 29.8 Å². The Balaban J connectivity index is 1.36. The molecular weight excluding hydrogens is 370 g/mol. The van der Waals surface area contributed by atoms with Crippen LogP contribution in [0.3, 0.4) is 0 Å². The minimum absolute atomic E-state index is 0.207. The highest BCUT2D eigenvalue weighted by atomic mass is 32.2. The largest absolute Gasteiger partial charge is 0.342 e. The molecule has 2 aliphatic rings. The summed E-state index contributed by atoms with van der Waals surface area (Å²) in [6, 6.07) is 8.28. The molecule has 1 aromatic heterocycles. The van der Waals surface area contributed by atoms with Crippen LogP contribution in [0.25, 0.3) is 5.69 Å². The van der Waals surface area contributed by atoms with Gasteiger partial charge in [0, 0.05) is 13.1 Å². The molecule has 0 N–H and O–H groups in total. The molecule has 0 bridgehead atoms. The zero-order chi connectivity index (χ0) is 19.5. The van der Waals surface area contributed by atoms with Gasteiger partial charge in [-0.25, -0.2) is 0 Å². The number of tetrazole rings is 1. The standard InChI is InChI=1S/C21H29N5OS/c1-15(2)16-7-9-19(10-8-16)26-21(22-23-24-26)28-14-20(27)25-12-11-17-5-3-4-6-18(17)13-25/h7-10,15,17-18H,3-6,11-14H2,1-2H3/t17-,18+/m1/s1. The van der Waals surface area contributed by atoms with Gasteiger partial charge in [0.15, 0.2) is 0 Å². The number of nitrogens with zero attached hydrogens (tertiary/aromatic N) is 5. The lowest BCUT2D eigenvalue weighted by molar-refractivity contribution is -0.131. The molecule has 6 nitrogen and oxygen atoms in total. The van der Waals surface area contributed by atoms with Gasteiger partial charge in [-0.05, 0) is 58.7 Å². The summed E-state index contributed by atoms with van der Waals surface area (Å²) < 4.78 is 1.72. The number of benzene rings is 1. The molecule has 1 aliphatic carbocycles. The van der Waals surface area contributed by atoms with Gasteiger partial charge in [0.1, 0.15) is 0 Å². The van der Waals surface area contributed by atoms with Crippen molar-refractivity contribution < 1.29 is 4.79 Å². The van der Waals surface area contributed by atoms with Crippen LogP contribution in [0.2, 0.25) is 0 Å². The van der Waals surface area contributed by atoms with Crippen LogP contribution in [0.1, 0.15) is 57.4 Å². The number of amides is 1. The normalized spacial score (nSPS) is 22.3. The molecule has 28 heavy (non-hydrogen) atoms. The van der Waals surface area contributed by atoms with E-state index in [1.807, 2.05) is 12.1 Å². The zero-order valence-corrected chi connectivity index (χ0v) is 17.6. The lowest BCUT2D eigenvalue weighted by Crippen LogP contribution is -2.45. The maximum absolute atomic E-state index is 12.8. The van der Waals surface area contributed by atoms with Crippen molar-refractivity contribution in [2.75, 3.05) is 18.8 Å². The third-order valence-corrected chi connectivity index (χ3v) is 7.12. The molecule has 7 heteroatoms. The van der Waals surface area contributed by atoms with E-state index >= 15 is 0 Å². The Labute approximate surface area is 171 Å². The fourth-order valence-electron chi connectivity index (χ4n) is 4.48. The van der Waals surface area contributed by atoms with Crippen LogP contribution in [0.4, 0.5) is 0 Å². The zero-order valence-electron chi connectivity index (χ0n) is 16.8. The van der Waals surface area contributed by atoms with Crippen molar-refractivity contribution in [3.63, 3.8) is 0 Å². The molecule has 0 radical (unpaired) electrons. The monoisotopic (exact) mass is 399 g/mol. The van der Waals surface area contributed by atoms with Crippen molar-refractivity contribution in [2.24, 2.45) is 11.8 Å². The third kappa shape index (κ3) is 4.24. The van der Waals surface area contributed by atoms with E-state index in [1.54, 1.807) is 4.68 Å². The van der Waals surface area contributed by atoms with E-state index in [-0.39, 0.29) is 5.91 Å². The first-order valence-corrected chi connectivity index (χ1v) is 11.4. The second kappa shape index (κ2) is 8.64.